The minimum Gasteiger partial charge on any atom is -0.391 e. The molecule has 7 aliphatic rings. The molecule has 0 amide bonds. The molecule has 0 radical (unpaired) electrons. The zero-order valence-electron chi connectivity index (χ0n) is 29.1. The van der Waals surface area contributed by atoms with Crippen molar-refractivity contribution >= 4 is 11.7 Å². The molecule has 8 nitrogen and oxygen atoms in total. The van der Waals surface area contributed by atoms with Crippen LogP contribution < -0.4 is 4.90 Å². The van der Waals surface area contributed by atoms with Gasteiger partial charge in [-0.05, 0) is 145 Å². The maximum atomic E-state index is 12.8. The van der Waals surface area contributed by atoms with E-state index in [1.165, 1.54) is 57.8 Å². The summed E-state index contributed by atoms with van der Waals surface area (Å²) in [6.07, 6.45) is 18.4. The molecule has 1 aromatic heterocycles. The fraction of sp³-hybridized carbons (Fsp3) is 0.868. The van der Waals surface area contributed by atoms with Crippen molar-refractivity contribution in [3.63, 3.8) is 0 Å². The lowest BCUT2D eigenvalue weighted by Crippen LogP contribution is -2.75. The SMILES string of the molecule is CC(=O)[C@H]1CC[C@H]2[C@@H]3CCC4C(N5C(N6CCCC6)CN(c6ncccn6)CC5N5CCCC5C)[C@@H](O)CC[C@]4(C)[C@H]3CC[C@]12C. The van der Waals surface area contributed by atoms with Crippen LogP contribution in [0.4, 0.5) is 5.95 Å². The second-order valence-electron chi connectivity index (χ2n) is 17.3. The van der Waals surface area contributed by atoms with Gasteiger partial charge in [0.1, 0.15) is 5.78 Å². The molecular formula is C38H60N6O2. The van der Waals surface area contributed by atoms with Gasteiger partial charge in [-0.1, -0.05) is 13.8 Å². The zero-order chi connectivity index (χ0) is 31.8. The Kier molecular flexibility index (Phi) is 8.30. The summed E-state index contributed by atoms with van der Waals surface area (Å²) in [4.78, 5) is 33.2. The summed E-state index contributed by atoms with van der Waals surface area (Å²) < 4.78 is 0. The van der Waals surface area contributed by atoms with Crippen molar-refractivity contribution in [1.82, 2.24) is 24.7 Å². The highest BCUT2D eigenvalue weighted by Crippen LogP contribution is 2.68. The lowest BCUT2D eigenvalue weighted by atomic mass is 9.43. The van der Waals surface area contributed by atoms with Crippen LogP contribution in [-0.4, -0.2) is 98.8 Å². The summed E-state index contributed by atoms with van der Waals surface area (Å²) in [7, 11) is 0. The second-order valence-corrected chi connectivity index (χ2v) is 17.3. The molecule has 254 valence electrons. The van der Waals surface area contributed by atoms with Crippen LogP contribution in [0.1, 0.15) is 105 Å². The Bertz CT molecular complexity index is 1260. The fourth-order valence-electron chi connectivity index (χ4n) is 13.3. The Hall–Kier alpha value is -1.61. The first-order valence-electron chi connectivity index (χ1n) is 19.2. The van der Waals surface area contributed by atoms with Crippen LogP contribution >= 0.6 is 0 Å². The van der Waals surface area contributed by atoms with Gasteiger partial charge in [-0.15, -0.1) is 0 Å². The largest absolute Gasteiger partial charge is 0.391 e. The van der Waals surface area contributed by atoms with E-state index in [2.05, 4.69) is 40.4 Å². The van der Waals surface area contributed by atoms with E-state index < -0.39 is 0 Å². The van der Waals surface area contributed by atoms with Gasteiger partial charge >= 0.3 is 0 Å². The number of aliphatic hydroxyl groups is 1. The van der Waals surface area contributed by atoms with E-state index in [4.69, 9.17) is 9.97 Å². The van der Waals surface area contributed by atoms with Gasteiger partial charge < -0.3 is 10.0 Å². The topological polar surface area (TPSA) is 76.0 Å². The highest BCUT2D eigenvalue weighted by atomic mass is 16.3. The number of hydrogen-bond acceptors (Lipinski definition) is 8. The normalized spacial score (nSPS) is 47.0. The molecule has 3 aliphatic heterocycles. The number of nitrogens with zero attached hydrogens (tertiary/aromatic N) is 6. The van der Waals surface area contributed by atoms with Gasteiger partial charge in [0, 0.05) is 50.0 Å². The van der Waals surface area contributed by atoms with E-state index in [1.54, 1.807) is 0 Å². The highest BCUT2D eigenvalue weighted by Gasteiger charge is 2.64. The van der Waals surface area contributed by atoms with Crippen LogP contribution in [-0.2, 0) is 4.79 Å². The standard InChI is InChI=1S/C38H60N6O2/c1-25-9-7-22-43(25)34-24-42(36-39-18-8-19-40-36)23-33(41-20-5-6-21-41)44(34)35-31-11-10-27-29-13-12-28(26(2)45)37(29,3)16-14-30(27)38(31,4)17-15-32(35)46/h8,18-19,25,27-35,46H,5-7,9-17,20-24H2,1-4H3/t25?,27-,28+,29-,30-,31?,32-,33?,34?,35?,37+,38+/m0/s1. The zero-order valence-corrected chi connectivity index (χ0v) is 29.1. The van der Waals surface area contributed by atoms with Crippen LogP contribution in [0.15, 0.2) is 18.5 Å². The quantitative estimate of drug-likeness (QED) is 0.462. The first-order valence-corrected chi connectivity index (χ1v) is 19.2. The van der Waals surface area contributed by atoms with Crippen LogP contribution in [0.3, 0.4) is 0 Å². The van der Waals surface area contributed by atoms with E-state index in [1.807, 2.05) is 25.4 Å². The molecule has 5 unspecified atom stereocenters. The second kappa shape index (κ2) is 12.1. The van der Waals surface area contributed by atoms with Crippen molar-refractivity contribution in [2.75, 3.05) is 37.6 Å². The molecule has 7 fully saturated rings. The summed E-state index contributed by atoms with van der Waals surface area (Å²) in [5, 5.41) is 12.3. The third-order valence-electron chi connectivity index (χ3n) is 15.4. The number of hydrogen-bond donors (Lipinski definition) is 1. The number of ketones is 1. The highest BCUT2D eigenvalue weighted by molar-refractivity contribution is 5.79. The van der Waals surface area contributed by atoms with Crippen LogP contribution in [0.25, 0.3) is 0 Å². The number of rotatable bonds is 5. The summed E-state index contributed by atoms with van der Waals surface area (Å²) in [6, 6.07) is 2.63. The Morgan fingerprint density at radius 1 is 0.826 bits per heavy atom. The average molecular weight is 633 g/mol. The molecular weight excluding hydrogens is 572 g/mol. The minimum atomic E-state index is -0.290. The van der Waals surface area contributed by atoms with Crippen molar-refractivity contribution in [1.29, 1.82) is 0 Å². The van der Waals surface area contributed by atoms with E-state index >= 15 is 0 Å². The molecule has 12 atom stereocenters. The molecule has 0 spiro atoms. The number of likely N-dealkylation sites (tertiary alicyclic amines) is 2. The van der Waals surface area contributed by atoms with Gasteiger partial charge in [-0.25, -0.2) is 9.97 Å². The molecule has 3 saturated heterocycles. The first-order chi connectivity index (χ1) is 22.2. The lowest BCUT2D eigenvalue weighted by molar-refractivity contribution is -0.195. The molecule has 0 bridgehead atoms. The molecule has 1 aromatic rings. The summed E-state index contributed by atoms with van der Waals surface area (Å²) >= 11 is 0. The summed E-state index contributed by atoms with van der Waals surface area (Å²) in [6.45, 7) is 14.6. The fourth-order valence-corrected chi connectivity index (χ4v) is 13.3. The number of anilines is 1. The molecule has 4 heterocycles. The molecule has 1 N–H and O–H groups in total. The Morgan fingerprint density at radius 2 is 1.52 bits per heavy atom. The van der Waals surface area contributed by atoms with Crippen molar-refractivity contribution in [2.45, 2.75) is 135 Å². The number of piperazine rings is 1. The van der Waals surface area contributed by atoms with Crippen molar-refractivity contribution in [3.05, 3.63) is 18.5 Å². The molecule has 4 aliphatic carbocycles. The maximum Gasteiger partial charge on any atom is 0.225 e. The Morgan fingerprint density at radius 3 is 2.24 bits per heavy atom. The number of carbonyl (C=O) groups excluding carboxylic acids is 1. The summed E-state index contributed by atoms with van der Waals surface area (Å²) in [5.41, 5.74) is 0.427. The predicted molar refractivity (Wildman–Crippen MR) is 181 cm³/mol. The van der Waals surface area contributed by atoms with Gasteiger partial charge in [-0.3, -0.25) is 19.5 Å². The van der Waals surface area contributed by atoms with Crippen molar-refractivity contribution in [2.24, 2.45) is 40.4 Å². The smallest absolute Gasteiger partial charge is 0.225 e. The molecule has 8 heteroatoms. The predicted octanol–water partition coefficient (Wildman–Crippen LogP) is 5.42. The van der Waals surface area contributed by atoms with Gasteiger partial charge in [-0.2, -0.15) is 0 Å². The number of fused-ring (bicyclic) bond motifs is 5. The van der Waals surface area contributed by atoms with Crippen LogP contribution in [0.2, 0.25) is 0 Å². The number of Topliss-reactive ketones (excluding diaryl/α,β-unsaturated/α-hetero) is 1. The number of carbonyl (C=O) groups is 1. The number of aliphatic hydroxyl groups excluding tert-OH is 1. The first kappa shape index (κ1) is 31.6. The minimum absolute atomic E-state index is 0.170. The average Bonchev–Trinajstić information content (AvgIpc) is 3.81. The van der Waals surface area contributed by atoms with E-state index in [-0.39, 0.29) is 41.2 Å². The Labute approximate surface area is 277 Å². The van der Waals surface area contributed by atoms with Crippen LogP contribution in [0, 0.1) is 40.4 Å². The van der Waals surface area contributed by atoms with Gasteiger partial charge in [0.05, 0.1) is 18.4 Å². The third kappa shape index (κ3) is 4.93. The third-order valence-corrected chi connectivity index (χ3v) is 15.4. The maximum absolute atomic E-state index is 12.8. The van der Waals surface area contributed by atoms with Crippen molar-refractivity contribution in [3.8, 4) is 0 Å². The van der Waals surface area contributed by atoms with Crippen molar-refractivity contribution < 1.29 is 9.90 Å². The van der Waals surface area contributed by atoms with Crippen LogP contribution in [0.5, 0.6) is 0 Å². The molecule has 4 saturated carbocycles. The van der Waals surface area contributed by atoms with Gasteiger partial charge in [0.2, 0.25) is 5.95 Å². The van der Waals surface area contributed by atoms with Gasteiger partial charge in [0.15, 0.2) is 0 Å². The lowest BCUT2D eigenvalue weighted by Gasteiger charge is -2.66. The van der Waals surface area contributed by atoms with Gasteiger partial charge in [0.25, 0.3) is 0 Å². The van der Waals surface area contributed by atoms with E-state index in [9.17, 15) is 9.90 Å². The van der Waals surface area contributed by atoms with E-state index in [0.29, 0.717) is 29.6 Å². The van der Waals surface area contributed by atoms with E-state index in [0.717, 1.165) is 63.9 Å². The summed E-state index contributed by atoms with van der Waals surface area (Å²) in [5.74, 6) is 4.17. The molecule has 0 aromatic carbocycles. The number of aromatic nitrogens is 2. The Balaban J connectivity index is 1.16. The molecule has 46 heavy (non-hydrogen) atoms. The molecule has 8 rings (SSSR count). The monoisotopic (exact) mass is 632 g/mol.